The predicted molar refractivity (Wildman–Crippen MR) is 105 cm³/mol. The summed E-state index contributed by atoms with van der Waals surface area (Å²) in [5, 5.41) is 3.04. The monoisotopic (exact) mass is 380 g/mol. The van der Waals surface area contributed by atoms with Crippen molar-refractivity contribution in [1.82, 2.24) is 4.98 Å². The Morgan fingerprint density at radius 3 is 2.50 bits per heavy atom. The molecule has 1 N–H and O–H groups in total. The number of aromatic nitrogens is 1. The van der Waals surface area contributed by atoms with Crippen LogP contribution in [-0.4, -0.2) is 16.9 Å². The number of amides is 1. The summed E-state index contributed by atoms with van der Waals surface area (Å²) in [6.45, 7) is 5.24. The van der Waals surface area contributed by atoms with Crippen LogP contribution in [-0.2, 0) is 9.59 Å². The topological polar surface area (TPSA) is 98.5 Å². The molecule has 0 bridgehead atoms. The number of nitrogens with zero attached hydrogens (tertiary/aromatic N) is 1. The minimum Gasteiger partial charge on any atom is -0.427 e. The predicted octanol–water partition coefficient (Wildman–Crippen LogP) is 3.76. The van der Waals surface area contributed by atoms with E-state index in [0.29, 0.717) is 23.2 Å². The van der Waals surface area contributed by atoms with Gasteiger partial charge in [0.2, 0.25) is 11.8 Å². The average Bonchev–Trinajstić information content (AvgIpc) is 2.61. The third-order valence-corrected chi connectivity index (χ3v) is 3.87. The lowest BCUT2D eigenvalue weighted by Crippen LogP contribution is -2.13. The van der Waals surface area contributed by atoms with E-state index in [4.69, 9.17) is 9.15 Å². The Balaban J connectivity index is 1.86. The highest BCUT2D eigenvalue weighted by molar-refractivity contribution is 5.91. The molecule has 1 heterocycles. The summed E-state index contributed by atoms with van der Waals surface area (Å²) in [6, 6.07) is 11.5. The number of anilines is 1. The van der Waals surface area contributed by atoms with Gasteiger partial charge in [0.15, 0.2) is 0 Å². The van der Waals surface area contributed by atoms with Gasteiger partial charge in [0.05, 0.1) is 10.9 Å². The molecule has 1 amide bonds. The Kier molecular flexibility index (Phi) is 5.54. The Morgan fingerprint density at radius 1 is 1.14 bits per heavy atom. The standard InChI is InChI=1S/C21H20N2O5/c1-12(2)10-19(25)22-15-6-4-14(5-7-15)20-23-18-9-8-16(27-13(3)24)11-17(18)21(26)28-20/h4-9,11-12H,10H2,1-3H3,(H,22,25). The molecular formula is C21H20N2O5. The van der Waals surface area contributed by atoms with Crippen LogP contribution < -0.4 is 15.7 Å². The van der Waals surface area contributed by atoms with Gasteiger partial charge < -0.3 is 14.5 Å². The number of rotatable bonds is 5. The van der Waals surface area contributed by atoms with Gasteiger partial charge in [-0.1, -0.05) is 13.8 Å². The van der Waals surface area contributed by atoms with Gasteiger partial charge in [-0.2, -0.15) is 0 Å². The Labute approximate surface area is 161 Å². The molecule has 3 rings (SSSR count). The molecule has 0 aliphatic carbocycles. The van der Waals surface area contributed by atoms with E-state index in [1.165, 1.54) is 13.0 Å². The number of hydrogen-bond acceptors (Lipinski definition) is 6. The fourth-order valence-corrected chi connectivity index (χ4v) is 2.68. The molecule has 3 aromatic rings. The van der Waals surface area contributed by atoms with Crippen LogP contribution in [0.5, 0.6) is 5.75 Å². The van der Waals surface area contributed by atoms with Crippen LogP contribution >= 0.6 is 0 Å². The van der Waals surface area contributed by atoms with E-state index in [2.05, 4.69) is 10.3 Å². The van der Waals surface area contributed by atoms with E-state index in [1.807, 2.05) is 13.8 Å². The molecule has 28 heavy (non-hydrogen) atoms. The van der Waals surface area contributed by atoms with E-state index >= 15 is 0 Å². The van der Waals surface area contributed by atoms with E-state index in [-0.39, 0.29) is 28.9 Å². The Bertz CT molecular complexity index is 1080. The zero-order valence-corrected chi connectivity index (χ0v) is 15.8. The van der Waals surface area contributed by atoms with Gasteiger partial charge >= 0.3 is 11.6 Å². The van der Waals surface area contributed by atoms with E-state index in [0.717, 1.165) is 0 Å². The molecule has 2 aromatic carbocycles. The van der Waals surface area contributed by atoms with Gasteiger partial charge in [0.1, 0.15) is 5.75 Å². The minimum atomic E-state index is -0.580. The van der Waals surface area contributed by atoms with Crippen molar-refractivity contribution in [2.24, 2.45) is 5.92 Å². The number of carbonyl (C=O) groups excluding carboxylic acids is 2. The van der Waals surface area contributed by atoms with Crippen molar-refractivity contribution >= 4 is 28.5 Å². The zero-order valence-electron chi connectivity index (χ0n) is 15.8. The fraction of sp³-hybridized carbons (Fsp3) is 0.238. The third-order valence-electron chi connectivity index (χ3n) is 3.87. The first kappa shape index (κ1) is 19.3. The third kappa shape index (κ3) is 4.62. The number of ether oxygens (including phenoxy) is 1. The first-order valence-electron chi connectivity index (χ1n) is 8.85. The molecule has 0 saturated heterocycles. The van der Waals surface area contributed by atoms with Gasteiger partial charge in [-0.05, 0) is 48.4 Å². The molecule has 0 fully saturated rings. The number of esters is 1. The van der Waals surface area contributed by atoms with Crippen LogP contribution in [0.2, 0.25) is 0 Å². The number of hydrogen-bond donors (Lipinski definition) is 1. The molecule has 7 nitrogen and oxygen atoms in total. The van der Waals surface area contributed by atoms with Crippen molar-refractivity contribution in [1.29, 1.82) is 0 Å². The Morgan fingerprint density at radius 2 is 1.86 bits per heavy atom. The second kappa shape index (κ2) is 8.04. The van der Waals surface area contributed by atoms with Crippen LogP contribution in [0.4, 0.5) is 5.69 Å². The lowest BCUT2D eigenvalue weighted by Gasteiger charge is -2.08. The minimum absolute atomic E-state index is 0.0540. The highest BCUT2D eigenvalue weighted by atomic mass is 16.5. The summed E-state index contributed by atoms with van der Waals surface area (Å²) in [5.74, 6) is 0.161. The van der Waals surface area contributed by atoms with Crippen LogP contribution in [0.1, 0.15) is 27.2 Å². The molecule has 1 aromatic heterocycles. The summed E-state index contributed by atoms with van der Waals surface area (Å²) in [4.78, 5) is 39.6. The van der Waals surface area contributed by atoms with Crippen molar-refractivity contribution in [3.63, 3.8) is 0 Å². The summed E-state index contributed by atoms with van der Waals surface area (Å²) in [5.41, 5.74) is 1.10. The van der Waals surface area contributed by atoms with Crippen molar-refractivity contribution in [3.05, 3.63) is 52.9 Å². The largest absolute Gasteiger partial charge is 0.427 e. The zero-order chi connectivity index (χ0) is 20.3. The van der Waals surface area contributed by atoms with Crippen molar-refractivity contribution in [2.45, 2.75) is 27.2 Å². The van der Waals surface area contributed by atoms with Gasteiger partial charge in [0, 0.05) is 24.6 Å². The van der Waals surface area contributed by atoms with Crippen LogP contribution in [0.25, 0.3) is 22.4 Å². The molecule has 0 aliphatic rings. The molecule has 0 saturated carbocycles. The second-order valence-corrected chi connectivity index (χ2v) is 6.80. The number of fused-ring (bicyclic) bond motifs is 1. The van der Waals surface area contributed by atoms with Crippen molar-refractivity contribution in [2.75, 3.05) is 5.32 Å². The maximum Gasteiger partial charge on any atom is 0.347 e. The molecular weight excluding hydrogens is 360 g/mol. The molecule has 0 spiro atoms. The molecule has 0 atom stereocenters. The smallest absolute Gasteiger partial charge is 0.347 e. The normalized spacial score (nSPS) is 10.9. The highest BCUT2D eigenvalue weighted by Gasteiger charge is 2.11. The first-order valence-corrected chi connectivity index (χ1v) is 8.85. The maximum absolute atomic E-state index is 12.3. The van der Waals surface area contributed by atoms with Crippen LogP contribution in [0.3, 0.4) is 0 Å². The summed E-state index contributed by atoms with van der Waals surface area (Å²) in [7, 11) is 0. The van der Waals surface area contributed by atoms with E-state index < -0.39 is 11.6 Å². The van der Waals surface area contributed by atoms with Crippen molar-refractivity contribution < 1.29 is 18.7 Å². The summed E-state index contributed by atoms with van der Waals surface area (Å²) < 4.78 is 10.3. The highest BCUT2D eigenvalue weighted by Crippen LogP contribution is 2.23. The van der Waals surface area contributed by atoms with Crippen LogP contribution in [0.15, 0.2) is 51.7 Å². The lowest BCUT2D eigenvalue weighted by atomic mass is 10.1. The Hall–Kier alpha value is -3.48. The lowest BCUT2D eigenvalue weighted by molar-refractivity contribution is -0.131. The molecule has 0 radical (unpaired) electrons. The number of nitrogens with one attached hydrogen (secondary N) is 1. The first-order chi connectivity index (χ1) is 13.3. The SMILES string of the molecule is CC(=O)Oc1ccc2nc(-c3ccc(NC(=O)CC(C)C)cc3)oc(=O)c2c1. The van der Waals surface area contributed by atoms with Gasteiger partial charge in [-0.3, -0.25) is 9.59 Å². The number of benzene rings is 2. The van der Waals surface area contributed by atoms with Gasteiger partial charge in [-0.15, -0.1) is 0 Å². The average molecular weight is 380 g/mol. The van der Waals surface area contributed by atoms with Gasteiger partial charge in [0.25, 0.3) is 0 Å². The molecule has 0 aliphatic heterocycles. The second-order valence-electron chi connectivity index (χ2n) is 6.80. The maximum atomic E-state index is 12.3. The summed E-state index contributed by atoms with van der Waals surface area (Å²) >= 11 is 0. The molecule has 0 unspecified atom stereocenters. The van der Waals surface area contributed by atoms with E-state index in [9.17, 15) is 14.4 Å². The van der Waals surface area contributed by atoms with Crippen molar-refractivity contribution in [3.8, 4) is 17.2 Å². The summed E-state index contributed by atoms with van der Waals surface area (Å²) in [6.07, 6.45) is 0.443. The number of carbonyl (C=O) groups is 2. The van der Waals surface area contributed by atoms with Crippen LogP contribution in [0, 0.1) is 5.92 Å². The van der Waals surface area contributed by atoms with Gasteiger partial charge in [-0.25, -0.2) is 9.78 Å². The van der Waals surface area contributed by atoms with E-state index in [1.54, 1.807) is 36.4 Å². The quantitative estimate of drug-likeness (QED) is 0.534. The molecule has 7 heteroatoms. The molecule has 144 valence electrons. The fourth-order valence-electron chi connectivity index (χ4n) is 2.68.